The summed E-state index contributed by atoms with van der Waals surface area (Å²) in [6.07, 6.45) is 0. The van der Waals surface area contributed by atoms with Gasteiger partial charge in [0.05, 0.1) is 0 Å². The second-order valence-corrected chi connectivity index (χ2v) is 6.05. The second-order valence-electron chi connectivity index (χ2n) is 3.86. The molecule has 0 heterocycles. The van der Waals surface area contributed by atoms with Crippen molar-refractivity contribution in [3.8, 4) is 0 Å². The summed E-state index contributed by atoms with van der Waals surface area (Å²) in [7, 11) is 0. The van der Waals surface area contributed by atoms with Crippen molar-refractivity contribution in [2.45, 2.75) is 22.8 Å². The van der Waals surface area contributed by atoms with Crippen molar-refractivity contribution in [2.24, 2.45) is 0 Å². The Kier molecular flexibility index (Phi) is 7.45. The average molecular weight is 358 g/mol. The van der Waals surface area contributed by atoms with Crippen molar-refractivity contribution in [3.63, 3.8) is 0 Å². The van der Waals surface area contributed by atoms with Crippen LogP contribution in [0.25, 0.3) is 0 Å². The number of hydrogen-bond acceptors (Lipinski definition) is 2. The van der Waals surface area contributed by atoms with Crippen LogP contribution in [0.1, 0.15) is 11.1 Å². The lowest BCUT2D eigenvalue weighted by atomic mass is 10.1. The minimum absolute atomic E-state index is 0.296. The number of alkyl halides is 4. The van der Waals surface area contributed by atoms with E-state index in [1.807, 2.05) is 18.2 Å². The van der Waals surface area contributed by atoms with Gasteiger partial charge >= 0.3 is 0 Å². The fraction of sp³-hybridized carbons (Fsp3) is 0.333. The van der Waals surface area contributed by atoms with E-state index in [9.17, 15) is 9.59 Å². The number of rotatable bonds is 6. The van der Waals surface area contributed by atoms with Crippen LogP contribution in [0.5, 0.6) is 0 Å². The van der Waals surface area contributed by atoms with Crippen LogP contribution in [-0.2, 0) is 22.7 Å². The minimum Gasteiger partial charge on any atom is -0.350 e. The van der Waals surface area contributed by atoms with Gasteiger partial charge in [-0.15, -0.1) is 0 Å². The number of halogens is 4. The van der Waals surface area contributed by atoms with Gasteiger partial charge in [-0.2, -0.15) is 0 Å². The number of nitrogens with one attached hydrogen (secondary N) is 2. The van der Waals surface area contributed by atoms with Gasteiger partial charge in [0.2, 0.25) is 0 Å². The van der Waals surface area contributed by atoms with E-state index >= 15 is 0 Å². The van der Waals surface area contributed by atoms with Crippen molar-refractivity contribution in [1.82, 2.24) is 10.6 Å². The van der Waals surface area contributed by atoms with E-state index in [2.05, 4.69) is 10.6 Å². The summed E-state index contributed by atoms with van der Waals surface area (Å²) in [5.74, 6) is -0.918. The normalized spacial score (nSPS) is 10.7. The van der Waals surface area contributed by atoms with Gasteiger partial charge in [-0.1, -0.05) is 70.7 Å². The molecule has 2 amide bonds. The third-order valence-electron chi connectivity index (χ3n) is 2.32. The maximum absolute atomic E-state index is 11.2. The Hall–Kier alpha value is -0.680. The first kappa shape index (κ1) is 17.4. The summed E-state index contributed by atoms with van der Waals surface area (Å²) in [6, 6.07) is 7.29. The van der Waals surface area contributed by atoms with Gasteiger partial charge in [-0.3, -0.25) is 9.59 Å². The summed E-state index contributed by atoms with van der Waals surface area (Å²) in [5, 5.41) is 5.15. The fourth-order valence-corrected chi connectivity index (χ4v) is 1.69. The fourth-order valence-electron chi connectivity index (χ4n) is 1.38. The molecule has 110 valence electrons. The van der Waals surface area contributed by atoms with Crippen LogP contribution in [0.4, 0.5) is 0 Å². The van der Waals surface area contributed by atoms with Gasteiger partial charge < -0.3 is 10.6 Å². The Morgan fingerprint density at radius 1 is 0.900 bits per heavy atom. The number of carbonyl (C=O) groups excluding carboxylic acids is 2. The molecule has 0 aliphatic heterocycles. The molecular formula is C12H12Cl4N2O2. The van der Waals surface area contributed by atoms with E-state index in [1.165, 1.54) is 0 Å². The summed E-state index contributed by atoms with van der Waals surface area (Å²) in [5.41, 5.74) is 1.71. The number of hydrogen-bond donors (Lipinski definition) is 2. The molecule has 0 aliphatic rings. The summed E-state index contributed by atoms with van der Waals surface area (Å²) >= 11 is 21.7. The third kappa shape index (κ3) is 6.18. The van der Waals surface area contributed by atoms with Gasteiger partial charge in [-0.25, -0.2) is 0 Å². The number of amides is 2. The summed E-state index contributed by atoms with van der Waals surface area (Å²) in [4.78, 5) is 20.3. The van der Waals surface area contributed by atoms with Crippen molar-refractivity contribution >= 4 is 58.2 Å². The lowest BCUT2D eigenvalue weighted by Gasteiger charge is -2.09. The lowest BCUT2D eigenvalue weighted by Crippen LogP contribution is -2.28. The molecular weight excluding hydrogens is 346 g/mol. The van der Waals surface area contributed by atoms with Crippen LogP contribution in [0.3, 0.4) is 0 Å². The van der Waals surface area contributed by atoms with E-state index in [0.29, 0.717) is 13.1 Å². The SMILES string of the molecule is O=C(NCc1cccc(CNC(=O)C(Cl)Cl)c1)C(Cl)Cl. The van der Waals surface area contributed by atoms with Crippen LogP contribution >= 0.6 is 46.4 Å². The Morgan fingerprint density at radius 2 is 1.30 bits per heavy atom. The predicted molar refractivity (Wildman–Crippen MR) is 81.1 cm³/mol. The molecule has 8 heteroatoms. The van der Waals surface area contributed by atoms with Crippen LogP contribution in [-0.4, -0.2) is 21.5 Å². The van der Waals surface area contributed by atoms with E-state index in [0.717, 1.165) is 11.1 Å². The third-order valence-corrected chi connectivity index (χ3v) is 3.11. The molecule has 20 heavy (non-hydrogen) atoms. The highest BCUT2D eigenvalue weighted by Gasteiger charge is 2.11. The molecule has 0 saturated carbocycles. The molecule has 1 aromatic carbocycles. The van der Waals surface area contributed by atoms with Crippen LogP contribution < -0.4 is 10.6 Å². The maximum Gasteiger partial charge on any atom is 0.253 e. The van der Waals surface area contributed by atoms with E-state index in [-0.39, 0.29) is 0 Å². The van der Waals surface area contributed by atoms with Gasteiger partial charge in [0, 0.05) is 13.1 Å². The smallest absolute Gasteiger partial charge is 0.253 e. The lowest BCUT2D eigenvalue weighted by molar-refractivity contribution is -0.120. The zero-order valence-corrected chi connectivity index (χ0v) is 13.2. The quantitative estimate of drug-likeness (QED) is 0.768. The predicted octanol–water partition coefficient (Wildman–Crippen LogP) is 2.53. The van der Waals surface area contributed by atoms with Gasteiger partial charge in [0.15, 0.2) is 9.67 Å². The molecule has 0 atom stereocenters. The standard InChI is InChI=1S/C12H12Cl4N2O2/c13-9(14)11(19)17-5-7-2-1-3-8(4-7)6-18-12(20)10(15)16/h1-4,9-10H,5-6H2,(H,17,19)(H,18,20). The number of benzene rings is 1. The molecule has 1 rings (SSSR count). The van der Waals surface area contributed by atoms with Crippen molar-refractivity contribution in [1.29, 1.82) is 0 Å². The molecule has 4 nitrogen and oxygen atoms in total. The molecule has 0 bridgehead atoms. The summed E-state index contributed by atoms with van der Waals surface area (Å²) in [6.45, 7) is 0.592. The monoisotopic (exact) mass is 356 g/mol. The highest BCUT2D eigenvalue weighted by molar-refractivity contribution is 6.53. The number of carbonyl (C=O) groups is 2. The first-order valence-corrected chi connectivity index (χ1v) is 7.34. The van der Waals surface area contributed by atoms with Crippen molar-refractivity contribution < 1.29 is 9.59 Å². The van der Waals surface area contributed by atoms with Gasteiger partial charge in [-0.05, 0) is 11.1 Å². The molecule has 0 spiro atoms. The Morgan fingerprint density at radius 3 is 1.65 bits per heavy atom. The molecule has 0 fully saturated rings. The van der Waals surface area contributed by atoms with Crippen molar-refractivity contribution in [3.05, 3.63) is 35.4 Å². The Bertz CT molecular complexity index is 441. The molecule has 0 radical (unpaired) electrons. The van der Waals surface area contributed by atoms with E-state index in [1.54, 1.807) is 6.07 Å². The molecule has 0 saturated heterocycles. The zero-order valence-electron chi connectivity index (χ0n) is 10.2. The molecule has 0 aliphatic carbocycles. The highest BCUT2D eigenvalue weighted by atomic mass is 35.5. The van der Waals surface area contributed by atoms with Gasteiger partial charge in [0.1, 0.15) is 0 Å². The molecule has 0 aromatic heterocycles. The van der Waals surface area contributed by atoms with Crippen molar-refractivity contribution in [2.75, 3.05) is 0 Å². The van der Waals surface area contributed by atoms with E-state index in [4.69, 9.17) is 46.4 Å². The molecule has 1 aromatic rings. The largest absolute Gasteiger partial charge is 0.350 e. The first-order chi connectivity index (χ1) is 9.40. The minimum atomic E-state index is -1.10. The van der Waals surface area contributed by atoms with Crippen LogP contribution in [0.15, 0.2) is 24.3 Å². The first-order valence-electron chi connectivity index (χ1n) is 5.59. The zero-order chi connectivity index (χ0) is 15.1. The highest BCUT2D eigenvalue weighted by Crippen LogP contribution is 2.07. The van der Waals surface area contributed by atoms with Crippen LogP contribution in [0, 0.1) is 0 Å². The topological polar surface area (TPSA) is 58.2 Å². The average Bonchev–Trinajstić information content (AvgIpc) is 2.42. The maximum atomic E-state index is 11.2. The Labute approximate surface area is 136 Å². The van der Waals surface area contributed by atoms with Crippen LogP contribution in [0.2, 0.25) is 0 Å². The van der Waals surface area contributed by atoms with E-state index < -0.39 is 21.5 Å². The molecule has 2 N–H and O–H groups in total. The Balaban J connectivity index is 2.53. The molecule has 0 unspecified atom stereocenters. The second kappa shape index (κ2) is 8.57. The van der Waals surface area contributed by atoms with Gasteiger partial charge in [0.25, 0.3) is 11.8 Å². The summed E-state index contributed by atoms with van der Waals surface area (Å²) < 4.78 is 0.